The lowest BCUT2D eigenvalue weighted by molar-refractivity contribution is -0.137. The highest BCUT2D eigenvalue weighted by Crippen LogP contribution is 2.46. The number of aromatic nitrogens is 4. The van der Waals surface area contributed by atoms with Crippen molar-refractivity contribution in [3.8, 4) is 5.75 Å². The van der Waals surface area contributed by atoms with Crippen LogP contribution in [0, 0.1) is 6.92 Å². The van der Waals surface area contributed by atoms with Crippen LogP contribution in [0.4, 0.5) is 36.3 Å². The summed E-state index contributed by atoms with van der Waals surface area (Å²) in [5.41, 5.74) is 2.89. The van der Waals surface area contributed by atoms with Crippen LogP contribution in [0.25, 0.3) is 0 Å². The number of piperidine rings is 1. The molecule has 1 unspecified atom stereocenters. The number of likely N-dealkylation sites (tertiary alicyclic amines) is 1. The molecule has 1 saturated heterocycles. The van der Waals surface area contributed by atoms with E-state index in [1.54, 1.807) is 0 Å². The zero-order chi connectivity index (χ0) is 31.6. The Morgan fingerprint density at radius 1 is 1.09 bits per heavy atom. The van der Waals surface area contributed by atoms with Gasteiger partial charge >= 0.3 is 6.18 Å². The van der Waals surface area contributed by atoms with Crippen LogP contribution in [0.1, 0.15) is 80.7 Å². The van der Waals surface area contributed by atoms with Crippen LogP contribution in [-0.2, 0) is 22.4 Å². The number of aryl methyl sites for hydroxylation is 1. The lowest BCUT2D eigenvalue weighted by Crippen LogP contribution is -2.29. The van der Waals surface area contributed by atoms with Crippen molar-refractivity contribution in [3.05, 3.63) is 40.7 Å². The second kappa shape index (κ2) is 11.2. The predicted molar refractivity (Wildman–Crippen MR) is 161 cm³/mol. The molecule has 2 N–H and O–H groups in total. The Kier molecular flexibility index (Phi) is 7.80. The van der Waals surface area contributed by atoms with Gasteiger partial charge in [-0.2, -0.15) is 23.3 Å². The molecule has 1 aromatic carbocycles. The van der Waals surface area contributed by atoms with Crippen molar-refractivity contribution in [2.75, 3.05) is 30.8 Å². The Labute approximate surface area is 255 Å². The van der Waals surface area contributed by atoms with Crippen molar-refractivity contribution >= 4 is 33.0 Å². The van der Waals surface area contributed by atoms with Gasteiger partial charge < -0.3 is 20.3 Å². The van der Waals surface area contributed by atoms with Crippen LogP contribution < -0.4 is 15.4 Å². The number of ether oxygens (including phenoxy) is 1. The van der Waals surface area contributed by atoms with Crippen LogP contribution in [0.15, 0.2) is 23.5 Å². The molecule has 1 saturated carbocycles. The summed E-state index contributed by atoms with van der Waals surface area (Å²) in [6.45, 7) is 9.10. The van der Waals surface area contributed by atoms with Gasteiger partial charge in [-0.05, 0) is 96.6 Å². The molecule has 10 nitrogen and oxygen atoms in total. The molecule has 1 aliphatic carbocycles. The highest BCUT2D eigenvalue weighted by atomic mass is 32.2. The Hall–Kier alpha value is -3.39. The van der Waals surface area contributed by atoms with Gasteiger partial charge in [-0.15, -0.1) is 0 Å². The number of benzene rings is 1. The van der Waals surface area contributed by atoms with Crippen molar-refractivity contribution in [2.24, 2.45) is 0 Å². The average Bonchev–Trinajstić information content (AvgIpc) is 3.59. The number of fused-ring (bicyclic) bond motifs is 1. The molecule has 0 amide bonds. The fourth-order valence-electron chi connectivity index (χ4n) is 6.12. The van der Waals surface area contributed by atoms with Gasteiger partial charge in [-0.25, -0.2) is 13.4 Å². The quantitative estimate of drug-likeness (QED) is 0.302. The second-order valence-electron chi connectivity index (χ2n) is 12.5. The van der Waals surface area contributed by atoms with Crippen molar-refractivity contribution in [1.82, 2.24) is 24.6 Å². The minimum absolute atomic E-state index is 0.0154. The van der Waals surface area contributed by atoms with Gasteiger partial charge in [0.2, 0.25) is 20.8 Å². The first-order chi connectivity index (χ1) is 20.7. The van der Waals surface area contributed by atoms with E-state index in [2.05, 4.69) is 44.6 Å². The molecular formula is C30H38F3N7O3S. The van der Waals surface area contributed by atoms with Crippen molar-refractivity contribution in [3.63, 3.8) is 0 Å². The number of nitrogens with zero attached hydrogens (tertiary/aromatic N) is 5. The molecule has 44 heavy (non-hydrogen) atoms. The third-order valence-electron chi connectivity index (χ3n) is 8.67. The fraction of sp³-hybridized carbons (Fsp3) is 0.567. The molecule has 2 aliphatic heterocycles. The standard InChI is InChI=1S/C30H38F3N7O3S/c1-16(2)44(41,42)28-24(15-40(38-28)20-6-7-20)35-27-22(30(31,32)33)14-34-29(37-27)36-23-12-17(3)25(19-8-10-39(5)11-9-19)21-13-18(4)43-26(21)23/h12,14-16,18-20H,6-11,13H2,1-5H3,(H2,34,35,36,37). The minimum Gasteiger partial charge on any atom is -0.488 e. The number of nitrogens with one attached hydrogen (secondary N) is 2. The zero-order valence-corrected chi connectivity index (χ0v) is 26.3. The molecule has 0 bridgehead atoms. The van der Waals surface area contributed by atoms with E-state index in [4.69, 9.17) is 4.74 Å². The Morgan fingerprint density at radius 2 is 1.80 bits per heavy atom. The molecule has 3 aromatic rings. The monoisotopic (exact) mass is 633 g/mol. The van der Waals surface area contributed by atoms with E-state index in [1.807, 2.05) is 13.0 Å². The predicted octanol–water partition coefficient (Wildman–Crippen LogP) is 6.14. The van der Waals surface area contributed by atoms with Gasteiger partial charge in [0.15, 0.2) is 0 Å². The van der Waals surface area contributed by atoms with E-state index < -0.39 is 32.6 Å². The number of sulfone groups is 1. The van der Waals surface area contributed by atoms with Gasteiger partial charge in [-0.3, -0.25) is 4.68 Å². The number of halogens is 3. The number of rotatable bonds is 8. The lowest BCUT2D eigenvalue weighted by Gasteiger charge is -2.31. The fourth-order valence-corrected chi connectivity index (χ4v) is 7.19. The Bertz CT molecular complexity index is 1680. The van der Waals surface area contributed by atoms with Crippen LogP contribution in [0.5, 0.6) is 5.75 Å². The molecule has 3 aliphatic rings. The van der Waals surface area contributed by atoms with Crippen LogP contribution in [-0.4, -0.2) is 64.6 Å². The van der Waals surface area contributed by atoms with E-state index in [9.17, 15) is 21.6 Å². The normalized spacial score (nSPS) is 19.7. The molecule has 4 heterocycles. The summed E-state index contributed by atoms with van der Waals surface area (Å²) in [6.07, 6.45) is 1.77. The van der Waals surface area contributed by atoms with E-state index in [0.29, 0.717) is 23.6 Å². The summed E-state index contributed by atoms with van der Waals surface area (Å²) in [5, 5.41) is 8.89. The first-order valence-electron chi connectivity index (χ1n) is 15.0. The summed E-state index contributed by atoms with van der Waals surface area (Å²) in [6, 6.07) is 1.97. The van der Waals surface area contributed by atoms with Gasteiger partial charge in [0, 0.05) is 18.2 Å². The van der Waals surface area contributed by atoms with Crippen LogP contribution >= 0.6 is 0 Å². The summed E-state index contributed by atoms with van der Waals surface area (Å²) in [4.78, 5) is 10.5. The second-order valence-corrected chi connectivity index (χ2v) is 14.9. The molecule has 14 heteroatoms. The van der Waals surface area contributed by atoms with Crippen molar-refractivity contribution in [2.45, 2.75) is 94.3 Å². The van der Waals surface area contributed by atoms with Crippen LogP contribution in [0.3, 0.4) is 0 Å². The van der Waals surface area contributed by atoms with Gasteiger partial charge in [0.1, 0.15) is 23.2 Å². The number of hydrogen-bond acceptors (Lipinski definition) is 9. The van der Waals surface area contributed by atoms with Gasteiger partial charge in [0.05, 0.1) is 28.9 Å². The van der Waals surface area contributed by atoms with E-state index >= 15 is 0 Å². The SMILES string of the molecule is Cc1cc(Nc2ncc(C(F)(F)F)c(Nc3cn(C4CC4)nc3S(=O)(=O)C(C)C)n2)c2c(c1C1CCN(C)CC1)CC(C)O2. The maximum atomic E-state index is 14.1. The molecular weight excluding hydrogens is 595 g/mol. The highest BCUT2D eigenvalue weighted by molar-refractivity contribution is 7.92. The average molecular weight is 634 g/mol. The molecule has 1 atom stereocenters. The molecule has 2 aromatic heterocycles. The van der Waals surface area contributed by atoms with E-state index in [1.165, 1.54) is 30.3 Å². The minimum atomic E-state index is -4.80. The summed E-state index contributed by atoms with van der Waals surface area (Å²) in [7, 11) is -1.78. The maximum Gasteiger partial charge on any atom is 0.421 e. The van der Waals surface area contributed by atoms with Gasteiger partial charge in [-0.1, -0.05) is 0 Å². The first-order valence-corrected chi connectivity index (χ1v) is 16.6. The van der Waals surface area contributed by atoms with Crippen molar-refractivity contribution < 1.29 is 26.3 Å². The third-order valence-corrected chi connectivity index (χ3v) is 10.8. The number of anilines is 4. The Morgan fingerprint density at radius 3 is 2.43 bits per heavy atom. The number of hydrogen-bond donors (Lipinski definition) is 2. The highest BCUT2D eigenvalue weighted by Gasteiger charge is 2.38. The molecule has 0 radical (unpaired) electrons. The smallest absolute Gasteiger partial charge is 0.421 e. The van der Waals surface area contributed by atoms with Crippen LogP contribution in [0.2, 0.25) is 0 Å². The Balaban J connectivity index is 1.37. The molecule has 0 spiro atoms. The molecule has 2 fully saturated rings. The zero-order valence-electron chi connectivity index (χ0n) is 25.5. The van der Waals surface area contributed by atoms with E-state index in [0.717, 1.165) is 56.3 Å². The first kappa shape index (κ1) is 30.6. The summed E-state index contributed by atoms with van der Waals surface area (Å²) in [5.74, 6) is 0.427. The third kappa shape index (κ3) is 5.85. The molecule has 6 rings (SSSR count). The summed E-state index contributed by atoms with van der Waals surface area (Å²) < 4.78 is 76.4. The topological polar surface area (TPSA) is 114 Å². The largest absolute Gasteiger partial charge is 0.488 e. The summed E-state index contributed by atoms with van der Waals surface area (Å²) >= 11 is 0. The van der Waals surface area contributed by atoms with E-state index in [-0.39, 0.29) is 28.8 Å². The lowest BCUT2D eigenvalue weighted by atomic mass is 9.82. The number of alkyl halides is 3. The van der Waals surface area contributed by atoms with Crippen molar-refractivity contribution in [1.29, 1.82) is 0 Å². The maximum absolute atomic E-state index is 14.1. The molecule has 238 valence electrons. The van der Waals surface area contributed by atoms with Gasteiger partial charge in [0.25, 0.3) is 0 Å².